The molecule has 0 aromatic rings. The van der Waals surface area contributed by atoms with E-state index in [0.717, 1.165) is 13.0 Å². The Labute approximate surface area is 88.2 Å². The maximum atomic E-state index is 5.48. The van der Waals surface area contributed by atoms with E-state index in [1.807, 2.05) is 0 Å². The highest BCUT2D eigenvalue weighted by molar-refractivity contribution is 4.79. The van der Waals surface area contributed by atoms with Crippen LogP contribution in [0.4, 0.5) is 0 Å². The second-order valence-electron chi connectivity index (χ2n) is 3.96. The van der Waals surface area contributed by atoms with Crippen molar-refractivity contribution < 1.29 is 9.47 Å². The monoisotopic (exact) mass is 203 g/mol. The lowest BCUT2D eigenvalue weighted by Crippen LogP contribution is -2.47. The first kappa shape index (κ1) is 13.9. The van der Waals surface area contributed by atoms with Crippen LogP contribution in [0.25, 0.3) is 0 Å². The zero-order valence-corrected chi connectivity index (χ0v) is 10.2. The van der Waals surface area contributed by atoms with Crippen LogP contribution < -0.4 is 5.32 Å². The Hall–Kier alpha value is -0.120. The molecule has 0 saturated heterocycles. The molecule has 3 heteroatoms. The fourth-order valence-electron chi connectivity index (χ4n) is 1.68. The van der Waals surface area contributed by atoms with E-state index >= 15 is 0 Å². The van der Waals surface area contributed by atoms with Gasteiger partial charge in [0.2, 0.25) is 0 Å². The van der Waals surface area contributed by atoms with Crippen molar-refractivity contribution in [2.45, 2.75) is 39.3 Å². The van der Waals surface area contributed by atoms with Crippen molar-refractivity contribution in [2.24, 2.45) is 5.92 Å². The van der Waals surface area contributed by atoms with Gasteiger partial charge in [-0.1, -0.05) is 20.8 Å². The third-order valence-electron chi connectivity index (χ3n) is 2.33. The molecule has 0 bridgehead atoms. The van der Waals surface area contributed by atoms with E-state index in [9.17, 15) is 0 Å². The van der Waals surface area contributed by atoms with Gasteiger partial charge in [-0.25, -0.2) is 0 Å². The van der Waals surface area contributed by atoms with Gasteiger partial charge in [0.15, 0.2) is 0 Å². The van der Waals surface area contributed by atoms with Gasteiger partial charge in [-0.15, -0.1) is 0 Å². The molecular formula is C11H25NO2. The number of methoxy groups -OCH3 is 2. The largest absolute Gasteiger partial charge is 0.383 e. The van der Waals surface area contributed by atoms with E-state index in [1.165, 1.54) is 0 Å². The molecule has 14 heavy (non-hydrogen) atoms. The quantitative estimate of drug-likeness (QED) is 0.651. The summed E-state index contributed by atoms with van der Waals surface area (Å²) in [6.07, 6.45) is 1.36. The fourth-order valence-corrected chi connectivity index (χ4v) is 1.68. The normalized spacial score (nSPS) is 15.9. The molecule has 0 aliphatic carbocycles. The molecule has 0 heterocycles. The van der Waals surface area contributed by atoms with Gasteiger partial charge in [0, 0.05) is 14.2 Å². The van der Waals surface area contributed by atoms with Gasteiger partial charge in [0.1, 0.15) is 0 Å². The van der Waals surface area contributed by atoms with Crippen LogP contribution >= 0.6 is 0 Å². The van der Waals surface area contributed by atoms with Crippen molar-refractivity contribution in [3.8, 4) is 0 Å². The maximum absolute atomic E-state index is 5.48. The predicted octanol–water partition coefficient (Wildman–Crippen LogP) is 1.67. The second kappa shape index (κ2) is 8.21. The Balaban J connectivity index is 4.12. The molecule has 0 aromatic heterocycles. The smallest absolute Gasteiger partial charge is 0.0769 e. The van der Waals surface area contributed by atoms with E-state index in [4.69, 9.17) is 9.47 Å². The summed E-state index contributed by atoms with van der Waals surface area (Å²) in [5.74, 6) is 0.504. The van der Waals surface area contributed by atoms with E-state index in [0.29, 0.717) is 18.6 Å². The topological polar surface area (TPSA) is 30.5 Å². The molecule has 86 valence electrons. The van der Waals surface area contributed by atoms with Crippen molar-refractivity contribution in [1.82, 2.24) is 5.32 Å². The molecule has 0 aliphatic heterocycles. The van der Waals surface area contributed by atoms with Crippen LogP contribution in [-0.4, -0.2) is 39.5 Å². The molecule has 2 atom stereocenters. The molecule has 2 unspecified atom stereocenters. The molecule has 0 aromatic carbocycles. The van der Waals surface area contributed by atoms with Crippen LogP contribution in [0.15, 0.2) is 0 Å². The van der Waals surface area contributed by atoms with Gasteiger partial charge >= 0.3 is 0 Å². The van der Waals surface area contributed by atoms with Crippen LogP contribution in [0.3, 0.4) is 0 Å². The summed E-state index contributed by atoms with van der Waals surface area (Å²) in [6.45, 7) is 8.22. The molecule has 0 aliphatic rings. The zero-order chi connectivity index (χ0) is 11.0. The number of hydrogen-bond acceptors (Lipinski definition) is 3. The van der Waals surface area contributed by atoms with Gasteiger partial charge in [0.25, 0.3) is 0 Å². The first-order chi connectivity index (χ1) is 6.67. The highest BCUT2D eigenvalue weighted by Gasteiger charge is 2.23. The molecular weight excluding hydrogens is 178 g/mol. The minimum atomic E-state index is 0.224. The summed E-state index contributed by atoms with van der Waals surface area (Å²) in [5, 5.41) is 3.45. The lowest BCUT2D eigenvalue weighted by atomic mass is 10.00. The molecule has 3 nitrogen and oxygen atoms in total. The van der Waals surface area contributed by atoms with E-state index in [2.05, 4.69) is 26.1 Å². The van der Waals surface area contributed by atoms with Crippen molar-refractivity contribution in [3.63, 3.8) is 0 Å². The summed E-state index contributed by atoms with van der Waals surface area (Å²) in [5.41, 5.74) is 0. The minimum Gasteiger partial charge on any atom is -0.383 e. The van der Waals surface area contributed by atoms with Crippen LogP contribution in [0.5, 0.6) is 0 Å². The highest BCUT2D eigenvalue weighted by Crippen LogP contribution is 2.10. The number of nitrogens with one attached hydrogen (secondary N) is 1. The number of ether oxygens (including phenoxy) is 2. The van der Waals surface area contributed by atoms with E-state index in [1.54, 1.807) is 14.2 Å². The maximum Gasteiger partial charge on any atom is 0.0769 e. The van der Waals surface area contributed by atoms with Crippen LogP contribution in [0.1, 0.15) is 27.2 Å². The first-order valence-corrected chi connectivity index (χ1v) is 5.42. The molecule has 0 radical (unpaired) electrons. The second-order valence-corrected chi connectivity index (χ2v) is 3.96. The van der Waals surface area contributed by atoms with Gasteiger partial charge in [-0.05, 0) is 18.9 Å². The summed E-state index contributed by atoms with van der Waals surface area (Å²) in [6, 6.07) is 0.296. The Morgan fingerprint density at radius 1 is 1.21 bits per heavy atom. The summed E-state index contributed by atoms with van der Waals surface area (Å²) < 4.78 is 10.7. The molecule has 0 fully saturated rings. The number of hydrogen-bond donors (Lipinski definition) is 1. The average molecular weight is 203 g/mol. The molecule has 0 saturated carbocycles. The Bertz CT molecular complexity index is 128. The van der Waals surface area contributed by atoms with Crippen molar-refractivity contribution >= 4 is 0 Å². The summed E-state index contributed by atoms with van der Waals surface area (Å²) in [7, 11) is 3.49. The summed E-state index contributed by atoms with van der Waals surface area (Å²) in [4.78, 5) is 0. The molecule has 1 N–H and O–H groups in total. The SMILES string of the molecule is CCCNC(COC)C(OC)C(C)C. The van der Waals surface area contributed by atoms with Crippen molar-refractivity contribution in [1.29, 1.82) is 0 Å². The average Bonchev–Trinajstić information content (AvgIpc) is 2.14. The molecule has 0 spiro atoms. The van der Waals surface area contributed by atoms with Gasteiger partial charge in [0.05, 0.1) is 18.8 Å². The fraction of sp³-hybridized carbons (Fsp3) is 1.00. The Morgan fingerprint density at radius 3 is 2.21 bits per heavy atom. The summed E-state index contributed by atoms with van der Waals surface area (Å²) >= 11 is 0. The van der Waals surface area contributed by atoms with Gasteiger partial charge in [-0.3, -0.25) is 0 Å². The van der Waals surface area contributed by atoms with E-state index in [-0.39, 0.29) is 6.10 Å². The highest BCUT2D eigenvalue weighted by atomic mass is 16.5. The van der Waals surface area contributed by atoms with Crippen molar-refractivity contribution in [3.05, 3.63) is 0 Å². The van der Waals surface area contributed by atoms with Crippen LogP contribution in [-0.2, 0) is 9.47 Å². The third kappa shape index (κ3) is 4.94. The number of rotatable bonds is 8. The zero-order valence-electron chi connectivity index (χ0n) is 10.2. The standard InChI is InChI=1S/C11H25NO2/c1-6-7-12-10(8-13-4)11(14-5)9(2)3/h9-12H,6-8H2,1-5H3. The van der Waals surface area contributed by atoms with Gasteiger partial charge in [-0.2, -0.15) is 0 Å². The molecule has 0 amide bonds. The third-order valence-corrected chi connectivity index (χ3v) is 2.33. The first-order valence-electron chi connectivity index (χ1n) is 5.42. The van der Waals surface area contributed by atoms with Gasteiger partial charge < -0.3 is 14.8 Å². The Kier molecular flexibility index (Phi) is 8.14. The predicted molar refractivity (Wildman–Crippen MR) is 59.6 cm³/mol. The van der Waals surface area contributed by atoms with E-state index < -0.39 is 0 Å². The lowest BCUT2D eigenvalue weighted by molar-refractivity contribution is 0.00678. The van der Waals surface area contributed by atoms with Crippen molar-refractivity contribution in [2.75, 3.05) is 27.4 Å². The van der Waals surface area contributed by atoms with Crippen LogP contribution in [0.2, 0.25) is 0 Å². The Morgan fingerprint density at radius 2 is 1.86 bits per heavy atom. The molecule has 0 rings (SSSR count). The van der Waals surface area contributed by atoms with Crippen LogP contribution in [0, 0.1) is 5.92 Å². The lowest BCUT2D eigenvalue weighted by Gasteiger charge is -2.29. The minimum absolute atomic E-state index is 0.224.